The highest BCUT2D eigenvalue weighted by molar-refractivity contribution is 7.21. The number of hydrogen-bond acceptors (Lipinski definition) is 4. The van der Waals surface area contributed by atoms with Crippen molar-refractivity contribution in [3.63, 3.8) is 0 Å². The van der Waals surface area contributed by atoms with Crippen molar-refractivity contribution in [1.29, 1.82) is 0 Å². The molecule has 0 saturated heterocycles. The second-order valence-corrected chi connectivity index (χ2v) is 5.87. The van der Waals surface area contributed by atoms with Crippen molar-refractivity contribution < 1.29 is 4.79 Å². The van der Waals surface area contributed by atoms with Crippen molar-refractivity contribution >= 4 is 33.0 Å². The van der Waals surface area contributed by atoms with E-state index in [2.05, 4.69) is 17.2 Å². The Morgan fingerprint density at radius 3 is 3.06 bits per heavy atom. The topological polar surface area (TPSA) is 68.0 Å². The number of amides is 1. The molecule has 18 heavy (non-hydrogen) atoms. The molecule has 2 heterocycles. The molecule has 1 aliphatic carbocycles. The summed E-state index contributed by atoms with van der Waals surface area (Å²) in [6, 6.07) is 2.09. The molecule has 5 heteroatoms. The van der Waals surface area contributed by atoms with Crippen molar-refractivity contribution in [1.82, 2.24) is 10.3 Å². The van der Waals surface area contributed by atoms with Gasteiger partial charge >= 0.3 is 0 Å². The van der Waals surface area contributed by atoms with Gasteiger partial charge in [-0.3, -0.25) is 9.78 Å². The highest BCUT2D eigenvalue weighted by Crippen LogP contribution is 2.35. The van der Waals surface area contributed by atoms with Gasteiger partial charge in [0.25, 0.3) is 5.91 Å². The van der Waals surface area contributed by atoms with Crippen LogP contribution in [0.3, 0.4) is 0 Å². The van der Waals surface area contributed by atoms with Crippen LogP contribution in [-0.2, 0) is 0 Å². The molecule has 2 aromatic heterocycles. The first-order valence-corrected chi connectivity index (χ1v) is 6.91. The minimum atomic E-state index is -0.0619. The maximum Gasteiger partial charge on any atom is 0.263 e. The first-order chi connectivity index (χ1) is 8.66. The van der Waals surface area contributed by atoms with Gasteiger partial charge in [0, 0.05) is 23.8 Å². The normalized spacial score (nSPS) is 16.7. The highest BCUT2D eigenvalue weighted by atomic mass is 32.1. The molecule has 0 aliphatic heterocycles. The van der Waals surface area contributed by atoms with E-state index in [1.54, 1.807) is 12.4 Å². The molecule has 3 N–H and O–H groups in total. The lowest BCUT2D eigenvalue weighted by Gasteiger charge is -2.11. The summed E-state index contributed by atoms with van der Waals surface area (Å²) in [4.78, 5) is 16.8. The van der Waals surface area contributed by atoms with Gasteiger partial charge in [-0.05, 0) is 31.7 Å². The summed E-state index contributed by atoms with van der Waals surface area (Å²) < 4.78 is 0.958. The molecular weight excluding hydrogens is 246 g/mol. The number of aromatic nitrogens is 1. The van der Waals surface area contributed by atoms with Gasteiger partial charge in [-0.15, -0.1) is 11.3 Å². The first kappa shape index (κ1) is 11.5. The van der Waals surface area contributed by atoms with Gasteiger partial charge in [-0.1, -0.05) is 0 Å². The monoisotopic (exact) mass is 261 g/mol. The lowest BCUT2D eigenvalue weighted by molar-refractivity contribution is 0.0941. The van der Waals surface area contributed by atoms with Crippen LogP contribution in [0.1, 0.15) is 29.4 Å². The van der Waals surface area contributed by atoms with Crippen molar-refractivity contribution in [2.45, 2.75) is 25.8 Å². The van der Waals surface area contributed by atoms with E-state index < -0.39 is 0 Å². The lowest BCUT2D eigenvalue weighted by atomic mass is 10.2. The molecule has 0 bridgehead atoms. The number of nitrogens with zero attached hydrogens (tertiary/aromatic N) is 1. The minimum absolute atomic E-state index is 0.0619. The minimum Gasteiger partial charge on any atom is -0.397 e. The van der Waals surface area contributed by atoms with Crippen LogP contribution < -0.4 is 11.1 Å². The Morgan fingerprint density at radius 1 is 1.61 bits per heavy atom. The van der Waals surface area contributed by atoms with Gasteiger partial charge in [0.2, 0.25) is 0 Å². The molecule has 3 rings (SSSR count). The summed E-state index contributed by atoms with van der Waals surface area (Å²) >= 11 is 1.41. The molecule has 4 nitrogen and oxygen atoms in total. The summed E-state index contributed by atoms with van der Waals surface area (Å²) in [5.74, 6) is 0.583. The van der Waals surface area contributed by atoms with Crippen LogP contribution in [0.25, 0.3) is 10.1 Å². The lowest BCUT2D eigenvalue weighted by Crippen LogP contribution is -2.33. The van der Waals surface area contributed by atoms with Crippen molar-refractivity contribution in [3.05, 3.63) is 23.3 Å². The number of carbonyl (C=O) groups excluding carboxylic acids is 1. The molecule has 0 aromatic carbocycles. The van der Waals surface area contributed by atoms with Gasteiger partial charge < -0.3 is 11.1 Å². The Morgan fingerprint density at radius 2 is 2.39 bits per heavy atom. The van der Waals surface area contributed by atoms with Crippen LogP contribution in [-0.4, -0.2) is 16.9 Å². The first-order valence-electron chi connectivity index (χ1n) is 6.09. The Bertz CT molecular complexity index is 603. The maximum atomic E-state index is 12.2. The third-order valence-electron chi connectivity index (χ3n) is 3.43. The molecule has 1 atom stereocenters. The van der Waals surface area contributed by atoms with E-state index in [1.807, 2.05) is 6.07 Å². The molecule has 1 unspecified atom stereocenters. The summed E-state index contributed by atoms with van der Waals surface area (Å²) in [5, 5.41) is 3.95. The number of carbonyl (C=O) groups is 1. The van der Waals surface area contributed by atoms with Crippen LogP contribution in [0.2, 0.25) is 0 Å². The highest BCUT2D eigenvalue weighted by Gasteiger charge is 2.29. The van der Waals surface area contributed by atoms with Gasteiger partial charge in [-0.2, -0.15) is 0 Å². The Labute approximate surface area is 109 Å². The number of anilines is 1. The van der Waals surface area contributed by atoms with E-state index in [9.17, 15) is 4.79 Å². The fourth-order valence-electron chi connectivity index (χ4n) is 2.13. The Hall–Kier alpha value is -1.62. The summed E-state index contributed by atoms with van der Waals surface area (Å²) in [6.07, 6.45) is 5.87. The molecular formula is C13H15N3OS. The number of thiophene rings is 1. The van der Waals surface area contributed by atoms with Crippen LogP contribution in [0.5, 0.6) is 0 Å². The van der Waals surface area contributed by atoms with E-state index >= 15 is 0 Å². The zero-order valence-electron chi connectivity index (χ0n) is 10.1. The quantitative estimate of drug-likeness (QED) is 0.891. The molecule has 1 aliphatic rings. The van der Waals surface area contributed by atoms with E-state index in [0.29, 0.717) is 16.5 Å². The molecule has 94 valence electrons. The van der Waals surface area contributed by atoms with Gasteiger partial charge in [0.05, 0.1) is 10.4 Å². The standard InChI is InChI=1S/C13H15N3OS/c1-7(8-2-3-8)16-13(17)12-11(14)9-4-5-15-6-10(9)18-12/h4-8H,2-3,14H2,1H3,(H,16,17). The van der Waals surface area contributed by atoms with Gasteiger partial charge in [-0.25, -0.2) is 0 Å². The number of nitrogen functional groups attached to an aromatic ring is 1. The SMILES string of the molecule is CC(NC(=O)c1sc2cnccc2c1N)C1CC1. The van der Waals surface area contributed by atoms with Crippen molar-refractivity contribution in [2.24, 2.45) is 5.92 Å². The number of rotatable bonds is 3. The predicted molar refractivity (Wildman–Crippen MR) is 73.7 cm³/mol. The molecule has 1 fully saturated rings. The number of hydrogen-bond donors (Lipinski definition) is 2. The second-order valence-electron chi connectivity index (χ2n) is 4.82. The van der Waals surface area contributed by atoms with Crippen molar-refractivity contribution in [3.8, 4) is 0 Å². The smallest absolute Gasteiger partial charge is 0.263 e. The largest absolute Gasteiger partial charge is 0.397 e. The van der Waals surface area contributed by atoms with E-state index in [-0.39, 0.29) is 11.9 Å². The molecule has 0 spiro atoms. The molecule has 1 saturated carbocycles. The van der Waals surface area contributed by atoms with Crippen LogP contribution in [0, 0.1) is 5.92 Å². The van der Waals surface area contributed by atoms with Crippen molar-refractivity contribution in [2.75, 3.05) is 5.73 Å². The van der Waals surface area contributed by atoms with Gasteiger partial charge in [0.15, 0.2) is 0 Å². The summed E-state index contributed by atoms with van der Waals surface area (Å²) in [6.45, 7) is 2.06. The van der Waals surface area contributed by atoms with Gasteiger partial charge in [0.1, 0.15) is 4.88 Å². The third-order valence-corrected chi connectivity index (χ3v) is 4.58. The fraction of sp³-hybridized carbons (Fsp3) is 0.385. The number of fused-ring (bicyclic) bond motifs is 1. The van der Waals surface area contributed by atoms with Crippen LogP contribution in [0.15, 0.2) is 18.5 Å². The zero-order chi connectivity index (χ0) is 12.7. The third kappa shape index (κ3) is 1.95. The van der Waals surface area contributed by atoms with E-state index in [4.69, 9.17) is 5.73 Å². The molecule has 1 amide bonds. The number of nitrogens with two attached hydrogens (primary N) is 1. The summed E-state index contributed by atoms with van der Waals surface area (Å²) in [5.41, 5.74) is 6.60. The average molecular weight is 261 g/mol. The maximum absolute atomic E-state index is 12.2. The summed E-state index contributed by atoms with van der Waals surface area (Å²) in [7, 11) is 0. The van der Waals surface area contributed by atoms with Crippen LogP contribution >= 0.6 is 11.3 Å². The predicted octanol–water partition coefficient (Wildman–Crippen LogP) is 2.41. The number of pyridine rings is 1. The Kier molecular flexibility index (Phi) is 2.70. The molecule has 0 radical (unpaired) electrons. The molecule has 2 aromatic rings. The average Bonchev–Trinajstić information content (AvgIpc) is 3.15. The second kappa shape index (κ2) is 4.24. The zero-order valence-corrected chi connectivity index (χ0v) is 11.0. The Balaban J connectivity index is 1.88. The van der Waals surface area contributed by atoms with E-state index in [1.165, 1.54) is 24.2 Å². The van der Waals surface area contributed by atoms with Crippen LogP contribution in [0.4, 0.5) is 5.69 Å². The fourth-order valence-corrected chi connectivity index (χ4v) is 3.12. The number of nitrogens with one attached hydrogen (secondary N) is 1. The van der Waals surface area contributed by atoms with E-state index in [0.717, 1.165) is 10.1 Å².